The van der Waals surface area contributed by atoms with Gasteiger partial charge < -0.3 is 9.88 Å². The van der Waals surface area contributed by atoms with Crippen LogP contribution in [0, 0.1) is 13.8 Å². The predicted octanol–water partition coefficient (Wildman–Crippen LogP) is 4.28. The number of benzene rings is 2. The van der Waals surface area contributed by atoms with Gasteiger partial charge in [-0.05, 0) is 37.1 Å². The van der Waals surface area contributed by atoms with E-state index in [-0.39, 0.29) is 5.91 Å². The zero-order chi connectivity index (χ0) is 17.6. The molecular weight excluding hydrogens is 330 g/mol. The monoisotopic (exact) mass is 351 g/mol. The van der Waals surface area contributed by atoms with Crippen LogP contribution in [0.25, 0.3) is 0 Å². The highest BCUT2D eigenvalue weighted by Crippen LogP contribution is 2.18. The van der Waals surface area contributed by atoms with Gasteiger partial charge in [0.15, 0.2) is 5.16 Å². The molecule has 0 radical (unpaired) electrons. The summed E-state index contributed by atoms with van der Waals surface area (Å²) >= 11 is 1.45. The first-order valence-electron chi connectivity index (χ1n) is 8.16. The van der Waals surface area contributed by atoms with Gasteiger partial charge in [-0.3, -0.25) is 4.79 Å². The summed E-state index contributed by atoms with van der Waals surface area (Å²) in [5.41, 5.74) is 4.42. The number of nitrogens with zero attached hydrogens (tertiary/aromatic N) is 2. The molecular formula is C20H21N3OS. The maximum absolute atomic E-state index is 12.2. The molecule has 0 saturated heterocycles. The smallest absolute Gasteiger partial charge is 0.234 e. The Hall–Kier alpha value is -2.53. The van der Waals surface area contributed by atoms with Crippen molar-refractivity contribution in [2.24, 2.45) is 0 Å². The van der Waals surface area contributed by atoms with E-state index < -0.39 is 0 Å². The Bertz CT molecular complexity index is 855. The molecule has 4 nitrogen and oxygen atoms in total. The third-order valence-electron chi connectivity index (χ3n) is 3.79. The van der Waals surface area contributed by atoms with Crippen LogP contribution in [-0.4, -0.2) is 21.2 Å². The van der Waals surface area contributed by atoms with Crippen molar-refractivity contribution in [1.29, 1.82) is 0 Å². The molecule has 0 aliphatic heterocycles. The molecule has 25 heavy (non-hydrogen) atoms. The van der Waals surface area contributed by atoms with Crippen molar-refractivity contribution < 1.29 is 4.79 Å². The van der Waals surface area contributed by atoms with Gasteiger partial charge in [0.05, 0.1) is 5.75 Å². The number of carbonyl (C=O) groups is 1. The lowest BCUT2D eigenvalue weighted by Crippen LogP contribution is -2.14. The number of hydrogen-bond donors (Lipinski definition) is 1. The summed E-state index contributed by atoms with van der Waals surface area (Å²) in [4.78, 5) is 16.5. The van der Waals surface area contributed by atoms with Gasteiger partial charge in [0.25, 0.3) is 0 Å². The zero-order valence-corrected chi connectivity index (χ0v) is 15.2. The van der Waals surface area contributed by atoms with E-state index in [1.165, 1.54) is 22.9 Å². The first-order valence-corrected chi connectivity index (χ1v) is 9.15. The molecule has 0 spiro atoms. The normalized spacial score (nSPS) is 10.6. The maximum Gasteiger partial charge on any atom is 0.234 e. The van der Waals surface area contributed by atoms with Crippen molar-refractivity contribution in [3.05, 3.63) is 77.6 Å². The molecule has 128 valence electrons. The van der Waals surface area contributed by atoms with E-state index >= 15 is 0 Å². The van der Waals surface area contributed by atoms with E-state index in [1.807, 2.05) is 37.4 Å². The Balaban J connectivity index is 1.57. The molecule has 1 aromatic heterocycles. The quantitative estimate of drug-likeness (QED) is 0.674. The van der Waals surface area contributed by atoms with Gasteiger partial charge in [-0.1, -0.05) is 53.7 Å². The van der Waals surface area contributed by atoms with Crippen molar-refractivity contribution in [3.63, 3.8) is 0 Å². The second-order valence-corrected chi connectivity index (χ2v) is 6.97. The third-order valence-corrected chi connectivity index (χ3v) is 4.79. The molecule has 0 aliphatic rings. The second-order valence-electron chi connectivity index (χ2n) is 6.03. The number of hydrogen-bond acceptors (Lipinski definition) is 3. The van der Waals surface area contributed by atoms with Gasteiger partial charge >= 0.3 is 0 Å². The van der Waals surface area contributed by atoms with Crippen molar-refractivity contribution in [2.45, 2.75) is 25.5 Å². The summed E-state index contributed by atoms with van der Waals surface area (Å²) in [6, 6.07) is 16.2. The summed E-state index contributed by atoms with van der Waals surface area (Å²) in [7, 11) is 0. The Labute approximate surface area is 152 Å². The number of imidazole rings is 1. The van der Waals surface area contributed by atoms with E-state index in [0.29, 0.717) is 5.75 Å². The number of aromatic nitrogens is 2. The molecule has 3 aromatic rings. The summed E-state index contributed by atoms with van der Waals surface area (Å²) in [6.45, 7) is 4.84. The Morgan fingerprint density at radius 1 is 1.12 bits per heavy atom. The van der Waals surface area contributed by atoms with Crippen molar-refractivity contribution in [1.82, 2.24) is 9.55 Å². The van der Waals surface area contributed by atoms with E-state index in [1.54, 1.807) is 6.20 Å². The van der Waals surface area contributed by atoms with Gasteiger partial charge in [-0.2, -0.15) is 0 Å². The molecule has 0 aliphatic carbocycles. The molecule has 3 rings (SSSR count). The second kappa shape index (κ2) is 8.03. The average molecular weight is 351 g/mol. The molecule has 5 heteroatoms. The van der Waals surface area contributed by atoms with Crippen molar-refractivity contribution >= 4 is 23.4 Å². The topological polar surface area (TPSA) is 46.9 Å². The van der Waals surface area contributed by atoms with Crippen LogP contribution >= 0.6 is 11.8 Å². The molecule has 0 fully saturated rings. The summed E-state index contributed by atoms with van der Waals surface area (Å²) in [5, 5.41) is 3.77. The number of amides is 1. The third kappa shape index (κ3) is 4.97. The highest BCUT2D eigenvalue weighted by molar-refractivity contribution is 7.99. The van der Waals surface area contributed by atoms with E-state index in [9.17, 15) is 4.79 Å². The van der Waals surface area contributed by atoms with Crippen LogP contribution in [0.5, 0.6) is 0 Å². The molecule has 0 atom stereocenters. The van der Waals surface area contributed by atoms with Gasteiger partial charge in [0.2, 0.25) is 5.91 Å². The molecule has 1 heterocycles. The summed E-state index contributed by atoms with van der Waals surface area (Å²) in [5.74, 6) is 0.305. The summed E-state index contributed by atoms with van der Waals surface area (Å²) in [6.07, 6.45) is 3.72. The van der Waals surface area contributed by atoms with Gasteiger partial charge in [-0.25, -0.2) is 4.98 Å². The summed E-state index contributed by atoms with van der Waals surface area (Å²) < 4.78 is 2.06. The molecule has 2 aromatic carbocycles. The Morgan fingerprint density at radius 3 is 2.68 bits per heavy atom. The van der Waals surface area contributed by atoms with Crippen LogP contribution in [0.3, 0.4) is 0 Å². The Morgan fingerprint density at radius 2 is 1.92 bits per heavy atom. The molecule has 1 amide bonds. The molecule has 0 unspecified atom stereocenters. The fourth-order valence-corrected chi connectivity index (χ4v) is 3.26. The maximum atomic E-state index is 12.2. The number of aryl methyl sites for hydroxylation is 2. The van der Waals surface area contributed by atoms with Crippen molar-refractivity contribution in [3.8, 4) is 0 Å². The van der Waals surface area contributed by atoms with Gasteiger partial charge in [0.1, 0.15) is 0 Å². The highest BCUT2D eigenvalue weighted by Gasteiger charge is 2.09. The van der Waals surface area contributed by atoms with Crippen LogP contribution in [0.2, 0.25) is 0 Å². The SMILES string of the molecule is Cc1ccc(Cn2ccnc2SCC(=O)Nc2cccc(C)c2)cc1. The lowest BCUT2D eigenvalue weighted by atomic mass is 10.1. The fourth-order valence-electron chi connectivity index (χ4n) is 2.50. The number of carbonyl (C=O) groups excluding carboxylic acids is 1. The lowest BCUT2D eigenvalue weighted by molar-refractivity contribution is -0.113. The highest BCUT2D eigenvalue weighted by atomic mass is 32.2. The van der Waals surface area contributed by atoms with Crippen LogP contribution in [0.4, 0.5) is 5.69 Å². The minimum atomic E-state index is -0.0273. The minimum absolute atomic E-state index is 0.0273. The van der Waals surface area contributed by atoms with Gasteiger partial charge in [0, 0.05) is 24.6 Å². The van der Waals surface area contributed by atoms with Gasteiger partial charge in [-0.15, -0.1) is 0 Å². The standard InChI is InChI=1S/C20H21N3OS/c1-15-6-8-17(9-7-15)13-23-11-10-21-20(23)25-14-19(24)22-18-5-3-4-16(2)12-18/h3-12H,13-14H2,1-2H3,(H,22,24). The van der Waals surface area contributed by atoms with Crippen molar-refractivity contribution in [2.75, 3.05) is 11.1 Å². The van der Waals surface area contributed by atoms with Crippen LogP contribution in [-0.2, 0) is 11.3 Å². The number of rotatable bonds is 6. The number of thioether (sulfide) groups is 1. The number of nitrogens with one attached hydrogen (secondary N) is 1. The fraction of sp³-hybridized carbons (Fsp3) is 0.200. The van der Waals surface area contributed by atoms with E-state index in [2.05, 4.69) is 46.1 Å². The number of anilines is 1. The van der Waals surface area contributed by atoms with Crippen LogP contribution in [0.15, 0.2) is 66.1 Å². The molecule has 1 N–H and O–H groups in total. The molecule has 0 bridgehead atoms. The van der Waals surface area contributed by atoms with E-state index in [4.69, 9.17) is 0 Å². The first-order chi connectivity index (χ1) is 12.1. The average Bonchev–Trinajstić information content (AvgIpc) is 3.02. The first kappa shape index (κ1) is 17.3. The zero-order valence-electron chi connectivity index (χ0n) is 14.4. The largest absolute Gasteiger partial charge is 0.325 e. The van der Waals surface area contributed by atoms with E-state index in [0.717, 1.165) is 23.0 Å². The van der Waals surface area contributed by atoms with Crippen LogP contribution in [0.1, 0.15) is 16.7 Å². The predicted molar refractivity (Wildman–Crippen MR) is 103 cm³/mol. The lowest BCUT2D eigenvalue weighted by Gasteiger charge is -2.09. The minimum Gasteiger partial charge on any atom is -0.325 e. The molecule has 0 saturated carbocycles. The van der Waals surface area contributed by atoms with Crippen LogP contribution < -0.4 is 5.32 Å². The Kier molecular flexibility index (Phi) is 5.56.